The van der Waals surface area contributed by atoms with Crippen molar-refractivity contribution in [2.24, 2.45) is 5.92 Å². The third-order valence-electron chi connectivity index (χ3n) is 4.12. The van der Waals surface area contributed by atoms with E-state index in [4.69, 9.17) is 4.74 Å². The zero-order valence-electron chi connectivity index (χ0n) is 12.7. The second-order valence-electron chi connectivity index (χ2n) is 5.56. The minimum absolute atomic E-state index is 0.437. The maximum atomic E-state index is 5.57. The molecule has 0 bridgehead atoms. The Morgan fingerprint density at radius 1 is 1.45 bits per heavy atom. The maximum Gasteiger partial charge on any atom is 0.123 e. The number of likely N-dealkylation sites (tertiary alicyclic amines) is 1. The van der Waals surface area contributed by atoms with Gasteiger partial charge in [-0.25, -0.2) is 0 Å². The molecule has 1 saturated heterocycles. The van der Waals surface area contributed by atoms with Gasteiger partial charge in [-0.1, -0.05) is 22.9 Å². The fourth-order valence-corrected chi connectivity index (χ4v) is 3.51. The normalized spacial score (nSPS) is 23.2. The third-order valence-corrected chi connectivity index (χ3v) is 4.61. The van der Waals surface area contributed by atoms with E-state index in [2.05, 4.69) is 52.3 Å². The van der Waals surface area contributed by atoms with Crippen LogP contribution in [0.4, 0.5) is 0 Å². The summed E-state index contributed by atoms with van der Waals surface area (Å²) in [5.74, 6) is 1.64. The van der Waals surface area contributed by atoms with Crippen molar-refractivity contribution in [3.63, 3.8) is 0 Å². The SMILES string of the molecule is CCCNCC1CCN(C)C1c1cc(Br)ccc1OC. The van der Waals surface area contributed by atoms with Crippen molar-refractivity contribution in [1.82, 2.24) is 10.2 Å². The fourth-order valence-electron chi connectivity index (χ4n) is 3.13. The van der Waals surface area contributed by atoms with Crippen LogP contribution in [0.3, 0.4) is 0 Å². The highest BCUT2D eigenvalue weighted by molar-refractivity contribution is 9.10. The Bertz CT molecular complexity index is 438. The highest BCUT2D eigenvalue weighted by Gasteiger charge is 2.34. The van der Waals surface area contributed by atoms with Crippen molar-refractivity contribution in [2.75, 3.05) is 33.8 Å². The number of methoxy groups -OCH3 is 1. The lowest BCUT2D eigenvalue weighted by molar-refractivity contribution is 0.263. The first-order chi connectivity index (χ1) is 9.67. The quantitative estimate of drug-likeness (QED) is 0.802. The fraction of sp³-hybridized carbons (Fsp3) is 0.625. The molecule has 4 heteroatoms. The first-order valence-corrected chi connectivity index (χ1v) is 8.21. The molecule has 1 fully saturated rings. The van der Waals surface area contributed by atoms with Crippen LogP contribution < -0.4 is 10.1 Å². The van der Waals surface area contributed by atoms with Gasteiger partial charge in [-0.05, 0) is 63.6 Å². The molecular weight excluding hydrogens is 316 g/mol. The zero-order valence-corrected chi connectivity index (χ0v) is 14.2. The smallest absolute Gasteiger partial charge is 0.123 e. The summed E-state index contributed by atoms with van der Waals surface area (Å²) >= 11 is 3.59. The van der Waals surface area contributed by atoms with Crippen LogP contribution in [0.15, 0.2) is 22.7 Å². The Morgan fingerprint density at radius 2 is 2.25 bits per heavy atom. The van der Waals surface area contributed by atoms with Crippen molar-refractivity contribution in [3.05, 3.63) is 28.2 Å². The average molecular weight is 341 g/mol. The zero-order chi connectivity index (χ0) is 14.5. The molecular formula is C16H25BrN2O. The monoisotopic (exact) mass is 340 g/mol. The molecule has 112 valence electrons. The van der Waals surface area contributed by atoms with E-state index < -0.39 is 0 Å². The highest BCUT2D eigenvalue weighted by Crippen LogP contribution is 2.40. The van der Waals surface area contributed by atoms with Gasteiger partial charge in [-0.2, -0.15) is 0 Å². The molecule has 1 aromatic rings. The van der Waals surface area contributed by atoms with Crippen LogP contribution >= 0.6 is 15.9 Å². The van der Waals surface area contributed by atoms with E-state index in [1.54, 1.807) is 7.11 Å². The van der Waals surface area contributed by atoms with Gasteiger partial charge in [0, 0.05) is 16.1 Å². The Balaban J connectivity index is 2.20. The van der Waals surface area contributed by atoms with E-state index in [1.807, 2.05) is 6.07 Å². The highest BCUT2D eigenvalue weighted by atomic mass is 79.9. The van der Waals surface area contributed by atoms with Crippen molar-refractivity contribution in [2.45, 2.75) is 25.8 Å². The molecule has 2 atom stereocenters. The van der Waals surface area contributed by atoms with Crippen LogP contribution in [0.25, 0.3) is 0 Å². The largest absolute Gasteiger partial charge is 0.496 e. The number of nitrogens with one attached hydrogen (secondary N) is 1. The number of ether oxygens (including phenoxy) is 1. The third kappa shape index (κ3) is 3.54. The van der Waals surface area contributed by atoms with Crippen molar-refractivity contribution in [1.29, 1.82) is 0 Å². The van der Waals surface area contributed by atoms with Gasteiger partial charge in [-0.15, -0.1) is 0 Å². The molecule has 0 amide bonds. The van der Waals surface area contributed by atoms with Gasteiger partial charge in [0.15, 0.2) is 0 Å². The lowest BCUT2D eigenvalue weighted by Gasteiger charge is -2.27. The first-order valence-electron chi connectivity index (χ1n) is 7.41. The summed E-state index contributed by atoms with van der Waals surface area (Å²) in [6.45, 7) is 5.54. The topological polar surface area (TPSA) is 24.5 Å². The maximum absolute atomic E-state index is 5.57. The number of hydrogen-bond acceptors (Lipinski definition) is 3. The summed E-state index contributed by atoms with van der Waals surface area (Å²) in [4.78, 5) is 2.45. The van der Waals surface area contributed by atoms with Gasteiger partial charge in [0.25, 0.3) is 0 Å². The molecule has 20 heavy (non-hydrogen) atoms. The summed E-state index contributed by atoms with van der Waals surface area (Å²) in [5, 5.41) is 3.57. The number of hydrogen-bond donors (Lipinski definition) is 1. The first kappa shape index (κ1) is 15.8. The molecule has 0 saturated carbocycles. The molecule has 0 spiro atoms. The van der Waals surface area contributed by atoms with E-state index >= 15 is 0 Å². The minimum atomic E-state index is 0.437. The summed E-state index contributed by atoms with van der Waals surface area (Å²) in [5.41, 5.74) is 1.30. The lowest BCUT2D eigenvalue weighted by Crippen LogP contribution is -2.29. The van der Waals surface area contributed by atoms with Gasteiger partial charge in [0.1, 0.15) is 5.75 Å². The summed E-state index contributed by atoms with van der Waals surface area (Å²) in [6, 6.07) is 6.74. The second kappa shape index (κ2) is 7.43. The van der Waals surface area contributed by atoms with E-state index in [-0.39, 0.29) is 0 Å². The summed E-state index contributed by atoms with van der Waals surface area (Å²) < 4.78 is 6.69. The van der Waals surface area contributed by atoms with Gasteiger partial charge < -0.3 is 10.1 Å². The number of halogens is 1. The van der Waals surface area contributed by atoms with Gasteiger partial charge in [-0.3, -0.25) is 4.90 Å². The molecule has 1 aliphatic rings. The van der Waals surface area contributed by atoms with Crippen LogP contribution in [-0.4, -0.2) is 38.7 Å². The van der Waals surface area contributed by atoms with Crippen LogP contribution in [0.1, 0.15) is 31.4 Å². The number of nitrogens with zero attached hydrogens (tertiary/aromatic N) is 1. The Hall–Kier alpha value is -0.580. The Kier molecular flexibility index (Phi) is 5.87. The summed E-state index contributed by atoms with van der Waals surface area (Å²) in [6.07, 6.45) is 2.43. The van der Waals surface area contributed by atoms with E-state index in [0.717, 1.165) is 29.9 Å². The average Bonchev–Trinajstić information content (AvgIpc) is 2.80. The van der Waals surface area contributed by atoms with Crippen LogP contribution in [0.2, 0.25) is 0 Å². The molecule has 1 aliphatic heterocycles. The molecule has 0 aromatic heterocycles. The molecule has 3 nitrogen and oxygen atoms in total. The van der Waals surface area contributed by atoms with E-state index in [9.17, 15) is 0 Å². The lowest BCUT2D eigenvalue weighted by atomic mass is 9.93. The summed E-state index contributed by atoms with van der Waals surface area (Å²) in [7, 11) is 3.97. The molecule has 0 radical (unpaired) electrons. The predicted octanol–water partition coefficient (Wildman–Crippen LogP) is 3.45. The van der Waals surface area contributed by atoms with Crippen LogP contribution in [-0.2, 0) is 0 Å². The molecule has 2 rings (SSSR count). The predicted molar refractivity (Wildman–Crippen MR) is 87.3 cm³/mol. The molecule has 0 aliphatic carbocycles. The number of rotatable bonds is 6. The minimum Gasteiger partial charge on any atom is -0.496 e. The molecule has 1 heterocycles. The van der Waals surface area contributed by atoms with E-state index in [1.165, 1.54) is 18.4 Å². The molecule has 1 N–H and O–H groups in total. The molecule has 1 aromatic carbocycles. The van der Waals surface area contributed by atoms with Crippen molar-refractivity contribution >= 4 is 15.9 Å². The van der Waals surface area contributed by atoms with Gasteiger partial charge in [0.2, 0.25) is 0 Å². The van der Waals surface area contributed by atoms with Crippen LogP contribution in [0.5, 0.6) is 5.75 Å². The van der Waals surface area contributed by atoms with Crippen LogP contribution in [0, 0.1) is 5.92 Å². The molecule has 2 unspecified atom stereocenters. The van der Waals surface area contributed by atoms with Crippen molar-refractivity contribution < 1.29 is 4.74 Å². The standard InChI is InChI=1S/C16H25BrN2O/c1-4-8-18-11-12-7-9-19(2)16(12)14-10-13(17)5-6-15(14)20-3/h5-6,10,12,16,18H,4,7-9,11H2,1-3H3. The number of benzene rings is 1. The van der Waals surface area contributed by atoms with Crippen molar-refractivity contribution in [3.8, 4) is 5.75 Å². The second-order valence-corrected chi connectivity index (χ2v) is 6.48. The van der Waals surface area contributed by atoms with Gasteiger partial charge in [0.05, 0.1) is 7.11 Å². The Labute approximate surface area is 130 Å². The van der Waals surface area contributed by atoms with E-state index in [0.29, 0.717) is 12.0 Å². The van der Waals surface area contributed by atoms with Gasteiger partial charge >= 0.3 is 0 Å². The Morgan fingerprint density at radius 3 is 2.95 bits per heavy atom.